The smallest absolute Gasteiger partial charge is 0.373 e. The van der Waals surface area contributed by atoms with Gasteiger partial charge in [0.25, 0.3) is 0 Å². The van der Waals surface area contributed by atoms with Gasteiger partial charge >= 0.3 is 12.1 Å². The van der Waals surface area contributed by atoms with Gasteiger partial charge in [-0.3, -0.25) is 0 Å². The first-order valence-electron chi connectivity index (χ1n) is 10.5. The van der Waals surface area contributed by atoms with E-state index < -0.39 is 12.1 Å². The Balaban J connectivity index is 1.49. The van der Waals surface area contributed by atoms with E-state index in [4.69, 9.17) is 5.73 Å². The topological polar surface area (TPSA) is 119 Å². The second kappa shape index (κ2) is 10.4. The van der Waals surface area contributed by atoms with Crippen LogP contribution in [0.2, 0.25) is 0 Å². The van der Waals surface area contributed by atoms with Crippen molar-refractivity contribution in [3.8, 4) is 10.6 Å². The number of hydrogen-bond donors (Lipinski definition) is 3. The summed E-state index contributed by atoms with van der Waals surface area (Å²) in [4.78, 5) is 33.1. The summed E-state index contributed by atoms with van der Waals surface area (Å²) in [5, 5.41) is 7.41. The third-order valence-corrected chi connectivity index (χ3v) is 7.17. The number of nitrogens with two attached hydrogens (primary N) is 1. The molecule has 4 N–H and O–H groups in total. The highest BCUT2D eigenvalue weighted by Crippen LogP contribution is 2.37. The molecule has 0 spiro atoms. The summed E-state index contributed by atoms with van der Waals surface area (Å²) >= 11 is 5.03. The number of nitrogens with zero attached hydrogens (tertiary/aromatic N) is 2. The molecule has 1 aliphatic rings. The number of aromatic nitrogens is 2. The molecule has 1 amide bonds. The maximum absolute atomic E-state index is 12.2. The van der Waals surface area contributed by atoms with E-state index in [1.165, 1.54) is 30.6 Å². The van der Waals surface area contributed by atoms with Gasteiger partial charge in [-0.2, -0.15) is 0 Å². The number of esters is 1. The maximum Gasteiger partial charge on any atom is 0.412 e. The molecule has 32 heavy (non-hydrogen) atoms. The molecule has 168 valence electrons. The third kappa shape index (κ3) is 5.43. The number of ether oxygens (including phenoxy) is 1. The molecule has 2 aromatic heterocycles. The van der Waals surface area contributed by atoms with Crippen LogP contribution >= 0.6 is 27.3 Å². The number of carbonyl (C=O) groups excluding carboxylic acids is 2. The van der Waals surface area contributed by atoms with Crippen molar-refractivity contribution in [1.29, 1.82) is 0 Å². The van der Waals surface area contributed by atoms with Gasteiger partial charge < -0.3 is 21.1 Å². The number of primary amides is 1. The number of halogens is 1. The quantitative estimate of drug-likeness (QED) is 0.239. The van der Waals surface area contributed by atoms with Crippen molar-refractivity contribution >= 4 is 55.4 Å². The standard InChI is InChI=1S/C22H24BrN5O3S/c23-16-12-27-22(26-8-2-3-13-6-9-25-10-7-13)28-19(16)18-11-15-14(20(29)31-21(24)30)4-1-5-17(15)32-18/h1,4-5,11-13,25H,2-3,6-10H2,(H2,24,30)(H,26,27,28). The number of hydrogen-bond acceptors (Lipinski definition) is 8. The molecule has 0 radical (unpaired) electrons. The van der Waals surface area contributed by atoms with Crippen molar-refractivity contribution in [2.75, 3.05) is 25.0 Å². The molecule has 1 fully saturated rings. The van der Waals surface area contributed by atoms with Crippen LogP contribution in [0.15, 0.2) is 34.9 Å². The first-order valence-corrected chi connectivity index (χ1v) is 12.1. The first-order chi connectivity index (χ1) is 15.5. The Bertz CT molecular complexity index is 1130. The molecule has 8 nitrogen and oxygen atoms in total. The molecule has 10 heteroatoms. The summed E-state index contributed by atoms with van der Waals surface area (Å²) in [6.45, 7) is 3.06. The van der Waals surface area contributed by atoms with Crippen LogP contribution in [0.5, 0.6) is 0 Å². The summed E-state index contributed by atoms with van der Waals surface area (Å²) in [5.41, 5.74) is 6.00. The predicted molar refractivity (Wildman–Crippen MR) is 129 cm³/mol. The number of amides is 1. The minimum absolute atomic E-state index is 0.283. The molecule has 0 atom stereocenters. The van der Waals surface area contributed by atoms with Crippen molar-refractivity contribution in [3.05, 3.63) is 40.5 Å². The lowest BCUT2D eigenvalue weighted by molar-refractivity contribution is 0.0640. The Morgan fingerprint density at radius 1 is 1.31 bits per heavy atom. The summed E-state index contributed by atoms with van der Waals surface area (Å²) in [7, 11) is 0. The second-order valence-electron chi connectivity index (χ2n) is 7.69. The largest absolute Gasteiger partial charge is 0.412 e. The Morgan fingerprint density at radius 2 is 2.12 bits per heavy atom. The van der Waals surface area contributed by atoms with E-state index in [0.717, 1.165) is 51.7 Å². The van der Waals surface area contributed by atoms with Crippen molar-refractivity contribution in [2.24, 2.45) is 11.7 Å². The Kier molecular flexibility index (Phi) is 7.33. The average Bonchev–Trinajstić information content (AvgIpc) is 3.22. The average molecular weight is 518 g/mol. The van der Waals surface area contributed by atoms with Gasteiger partial charge in [0.05, 0.1) is 14.9 Å². The number of thiophene rings is 1. The third-order valence-electron chi connectivity index (χ3n) is 5.48. The highest BCUT2D eigenvalue weighted by atomic mass is 79.9. The molecule has 0 unspecified atom stereocenters. The van der Waals surface area contributed by atoms with Crippen LogP contribution in [0.3, 0.4) is 0 Å². The maximum atomic E-state index is 12.2. The van der Waals surface area contributed by atoms with E-state index in [1.54, 1.807) is 18.3 Å². The summed E-state index contributed by atoms with van der Waals surface area (Å²) in [6, 6.07) is 7.12. The van der Waals surface area contributed by atoms with Gasteiger partial charge in [0.15, 0.2) is 0 Å². The van der Waals surface area contributed by atoms with Gasteiger partial charge in [0.2, 0.25) is 5.95 Å². The zero-order valence-electron chi connectivity index (χ0n) is 17.4. The molecule has 1 saturated heterocycles. The van der Waals surface area contributed by atoms with Crippen LogP contribution in [-0.4, -0.2) is 41.7 Å². The SMILES string of the molecule is NC(=O)OC(=O)c1cccc2sc(-c3nc(NCCCC4CCNCC4)ncc3Br)cc12. The van der Waals surface area contributed by atoms with Crippen LogP contribution in [0.1, 0.15) is 36.0 Å². The van der Waals surface area contributed by atoms with Crippen LogP contribution in [-0.2, 0) is 4.74 Å². The zero-order chi connectivity index (χ0) is 22.5. The number of nitrogens with one attached hydrogen (secondary N) is 2. The van der Waals surface area contributed by atoms with Gasteiger partial charge in [-0.25, -0.2) is 19.6 Å². The monoisotopic (exact) mass is 517 g/mol. The van der Waals surface area contributed by atoms with E-state index in [1.807, 2.05) is 12.1 Å². The molecule has 1 aromatic carbocycles. The number of carbonyl (C=O) groups is 2. The van der Waals surface area contributed by atoms with Gasteiger partial charge in [-0.05, 0) is 78.8 Å². The number of rotatable bonds is 7. The second-order valence-corrected chi connectivity index (χ2v) is 9.63. The lowest BCUT2D eigenvalue weighted by Crippen LogP contribution is -2.27. The number of piperidine rings is 1. The van der Waals surface area contributed by atoms with E-state index in [9.17, 15) is 9.59 Å². The van der Waals surface area contributed by atoms with Crippen molar-refractivity contribution in [3.63, 3.8) is 0 Å². The molecular formula is C22H24BrN5O3S. The molecule has 3 aromatic rings. The number of benzene rings is 1. The highest BCUT2D eigenvalue weighted by Gasteiger charge is 2.18. The van der Waals surface area contributed by atoms with Crippen molar-refractivity contribution in [2.45, 2.75) is 25.7 Å². The summed E-state index contributed by atoms with van der Waals surface area (Å²) in [5.74, 6) is 0.595. The van der Waals surface area contributed by atoms with E-state index in [2.05, 4.69) is 41.3 Å². The van der Waals surface area contributed by atoms with Crippen LogP contribution in [0.4, 0.5) is 10.7 Å². The first kappa shape index (κ1) is 22.6. The molecule has 4 rings (SSSR count). The van der Waals surface area contributed by atoms with Crippen molar-refractivity contribution < 1.29 is 14.3 Å². The highest BCUT2D eigenvalue weighted by molar-refractivity contribution is 9.10. The van der Waals surface area contributed by atoms with Gasteiger partial charge in [-0.15, -0.1) is 11.3 Å². The molecule has 3 heterocycles. The van der Waals surface area contributed by atoms with E-state index >= 15 is 0 Å². The normalized spacial score (nSPS) is 14.4. The molecule has 0 saturated carbocycles. The fourth-order valence-corrected chi connectivity index (χ4v) is 5.52. The lowest BCUT2D eigenvalue weighted by Gasteiger charge is -2.22. The van der Waals surface area contributed by atoms with Gasteiger partial charge in [-0.1, -0.05) is 6.07 Å². The molecular weight excluding hydrogens is 494 g/mol. The Labute approximate surface area is 198 Å². The van der Waals surface area contributed by atoms with Crippen LogP contribution < -0.4 is 16.4 Å². The van der Waals surface area contributed by atoms with Gasteiger partial charge in [0.1, 0.15) is 5.69 Å². The zero-order valence-corrected chi connectivity index (χ0v) is 19.8. The van der Waals surface area contributed by atoms with Crippen LogP contribution in [0.25, 0.3) is 20.7 Å². The van der Waals surface area contributed by atoms with Crippen molar-refractivity contribution in [1.82, 2.24) is 15.3 Å². The predicted octanol–water partition coefficient (Wildman–Crippen LogP) is 4.55. The minimum Gasteiger partial charge on any atom is -0.373 e. The van der Waals surface area contributed by atoms with Gasteiger partial charge in [0, 0.05) is 22.8 Å². The lowest BCUT2D eigenvalue weighted by atomic mass is 9.93. The number of anilines is 1. The van der Waals surface area contributed by atoms with E-state index in [0.29, 0.717) is 11.3 Å². The summed E-state index contributed by atoms with van der Waals surface area (Å²) in [6.07, 6.45) is 5.38. The fourth-order valence-electron chi connectivity index (χ4n) is 3.89. The van der Waals surface area contributed by atoms with E-state index in [-0.39, 0.29) is 5.56 Å². The van der Waals surface area contributed by atoms with Crippen LogP contribution in [0, 0.1) is 5.92 Å². The fraction of sp³-hybridized carbons (Fsp3) is 0.364. The molecule has 1 aliphatic heterocycles. The Hall–Kier alpha value is -2.56. The summed E-state index contributed by atoms with van der Waals surface area (Å²) < 4.78 is 6.19. The number of fused-ring (bicyclic) bond motifs is 1. The molecule has 0 bridgehead atoms. The Morgan fingerprint density at radius 3 is 2.91 bits per heavy atom. The minimum atomic E-state index is -1.13. The molecule has 0 aliphatic carbocycles.